The van der Waals surface area contributed by atoms with Gasteiger partial charge in [0, 0.05) is 32.4 Å². The maximum atomic E-state index is 13.4. The molecule has 1 atom stereocenters. The van der Waals surface area contributed by atoms with E-state index in [0.717, 1.165) is 0 Å². The van der Waals surface area contributed by atoms with Crippen molar-refractivity contribution in [1.82, 2.24) is 24.4 Å². The molecule has 0 radical (unpaired) electrons. The highest BCUT2D eigenvalue weighted by Gasteiger charge is 2.21. The molecule has 2 aromatic heterocycles. The summed E-state index contributed by atoms with van der Waals surface area (Å²) in [5.41, 5.74) is 1.11. The fourth-order valence-electron chi connectivity index (χ4n) is 3.46. The first-order valence-corrected chi connectivity index (χ1v) is 10.1. The molecule has 0 unspecified atom stereocenters. The quantitative estimate of drug-likeness (QED) is 0.454. The van der Waals surface area contributed by atoms with Gasteiger partial charge in [0.15, 0.2) is 4.77 Å². The van der Waals surface area contributed by atoms with E-state index in [-0.39, 0.29) is 35.0 Å². The Kier molecular flexibility index (Phi) is 5.77. The van der Waals surface area contributed by atoms with Crippen LogP contribution in [0.25, 0.3) is 10.9 Å². The maximum absolute atomic E-state index is 13.4. The van der Waals surface area contributed by atoms with Crippen molar-refractivity contribution in [3.05, 3.63) is 93.3 Å². The monoisotopic (exact) mass is 437 g/mol. The number of hydrogen-bond acceptors (Lipinski definition) is 4. The Morgan fingerprint density at radius 3 is 2.68 bits per heavy atom. The van der Waals surface area contributed by atoms with Crippen LogP contribution in [0.5, 0.6) is 0 Å². The molecule has 0 spiro atoms. The fourth-order valence-corrected chi connectivity index (χ4v) is 3.74. The van der Waals surface area contributed by atoms with Crippen LogP contribution in [0.15, 0.2) is 65.7 Å². The predicted octanol–water partition coefficient (Wildman–Crippen LogP) is 3.23. The number of nitrogens with one attached hydrogen (secondary N) is 2. The van der Waals surface area contributed by atoms with E-state index >= 15 is 0 Å². The molecule has 0 aliphatic heterocycles. The number of aryl methyl sites for hydroxylation is 1. The second-order valence-electron chi connectivity index (χ2n) is 7.13. The summed E-state index contributed by atoms with van der Waals surface area (Å²) >= 11 is 5.30. The molecule has 2 N–H and O–H groups in total. The molecule has 0 aliphatic rings. The van der Waals surface area contributed by atoms with Crippen LogP contribution < -0.4 is 10.9 Å². The lowest BCUT2D eigenvalue weighted by molar-refractivity contribution is -0.121. The Morgan fingerprint density at radius 2 is 1.97 bits per heavy atom. The standard InChI is InChI=1S/C22H20FN5O2S/c1-27-13-11-24-20(27)19(14-6-8-15(23)9-7-14)26-18(29)10-12-28-21(30)16-4-2-3-5-17(16)25-22(28)31/h2-9,11,13,19H,10,12H2,1H3,(H,25,31)(H,26,29)/t19-/m1/s1. The summed E-state index contributed by atoms with van der Waals surface area (Å²) in [6.07, 6.45) is 3.44. The first-order valence-electron chi connectivity index (χ1n) is 9.68. The minimum Gasteiger partial charge on any atom is -0.342 e. The second kappa shape index (κ2) is 8.65. The molecular formula is C22H20FN5O2S. The number of rotatable bonds is 6. The van der Waals surface area contributed by atoms with Crippen LogP contribution in [0.2, 0.25) is 0 Å². The summed E-state index contributed by atoms with van der Waals surface area (Å²) in [6.45, 7) is 0.127. The van der Waals surface area contributed by atoms with E-state index in [4.69, 9.17) is 12.2 Å². The van der Waals surface area contributed by atoms with Gasteiger partial charge in [-0.3, -0.25) is 14.2 Å². The first kappa shape index (κ1) is 20.7. The minimum atomic E-state index is -0.559. The lowest BCUT2D eigenvalue weighted by Gasteiger charge is -2.19. The molecule has 1 amide bonds. The predicted molar refractivity (Wildman–Crippen MR) is 118 cm³/mol. The summed E-state index contributed by atoms with van der Waals surface area (Å²) < 4.78 is 16.8. The van der Waals surface area contributed by atoms with E-state index in [1.165, 1.54) is 16.7 Å². The van der Waals surface area contributed by atoms with Crippen LogP contribution in [0.1, 0.15) is 23.9 Å². The van der Waals surface area contributed by atoms with Crippen molar-refractivity contribution >= 4 is 29.0 Å². The number of para-hydroxylation sites is 1. The number of fused-ring (bicyclic) bond motifs is 1. The summed E-state index contributed by atoms with van der Waals surface area (Å²) in [6, 6.07) is 12.4. The number of H-pyrrole nitrogens is 1. The van der Waals surface area contributed by atoms with E-state index < -0.39 is 6.04 Å². The lowest BCUT2D eigenvalue weighted by atomic mass is 10.1. The number of aromatic amines is 1. The van der Waals surface area contributed by atoms with Gasteiger partial charge in [0.1, 0.15) is 17.7 Å². The van der Waals surface area contributed by atoms with Crippen LogP contribution >= 0.6 is 12.2 Å². The highest BCUT2D eigenvalue weighted by Crippen LogP contribution is 2.21. The van der Waals surface area contributed by atoms with Crippen molar-refractivity contribution in [2.45, 2.75) is 19.0 Å². The molecule has 2 aromatic carbocycles. The normalized spacial score (nSPS) is 12.1. The van der Waals surface area contributed by atoms with Gasteiger partial charge in [0.05, 0.1) is 10.9 Å². The highest BCUT2D eigenvalue weighted by molar-refractivity contribution is 7.71. The Bertz CT molecular complexity index is 1360. The zero-order valence-electron chi connectivity index (χ0n) is 16.7. The van der Waals surface area contributed by atoms with Crippen molar-refractivity contribution < 1.29 is 9.18 Å². The van der Waals surface area contributed by atoms with Crippen LogP contribution in [0, 0.1) is 10.6 Å². The van der Waals surface area contributed by atoms with Gasteiger partial charge in [0.25, 0.3) is 5.56 Å². The first-order chi connectivity index (χ1) is 14.9. The van der Waals surface area contributed by atoms with Crippen molar-refractivity contribution in [2.24, 2.45) is 7.05 Å². The van der Waals surface area contributed by atoms with Gasteiger partial charge < -0.3 is 14.9 Å². The third kappa shape index (κ3) is 4.31. The maximum Gasteiger partial charge on any atom is 0.262 e. The van der Waals surface area contributed by atoms with Crippen molar-refractivity contribution in [3.63, 3.8) is 0 Å². The average molecular weight is 438 g/mol. The SMILES string of the molecule is Cn1ccnc1[C@H](NC(=O)CCn1c(=S)[nH]c2ccccc2c1=O)c1ccc(F)cc1. The number of nitrogens with zero attached hydrogens (tertiary/aromatic N) is 3. The topological polar surface area (TPSA) is 84.7 Å². The Hall–Kier alpha value is -3.59. The number of carbonyl (C=O) groups is 1. The van der Waals surface area contributed by atoms with Crippen LogP contribution in [-0.4, -0.2) is 25.0 Å². The van der Waals surface area contributed by atoms with Crippen LogP contribution in [0.4, 0.5) is 4.39 Å². The molecule has 7 nitrogen and oxygen atoms in total. The number of carbonyl (C=O) groups excluding carboxylic acids is 1. The van der Waals surface area contributed by atoms with E-state index in [9.17, 15) is 14.0 Å². The summed E-state index contributed by atoms with van der Waals surface area (Å²) in [7, 11) is 1.82. The number of amides is 1. The number of hydrogen-bond donors (Lipinski definition) is 2. The molecule has 2 heterocycles. The highest BCUT2D eigenvalue weighted by atomic mass is 32.1. The van der Waals surface area contributed by atoms with Gasteiger partial charge in [0.2, 0.25) is 5.91 Å². The van der Waals surface area contributed by atoms with Gasteiger partial charge in [-0.05, 0) is 42.0 Å². The fraction of sp³-hybridized carbons (Fsp3) is 0.182. The summed E-state index contributed by atoms with van der Waals surface area (Å²) in [4.78, 5) is 32.9. The third-order valence-electron chi connectivity index (χ3n) is 5.08. The minimum absolute atomic E-state index is 0.0395. The summed E-state index contributed by atoms with van der Waals surface area (Å²) in [5.74, 6) is -0.0366. The Morgan fingerprint density at radius 1 is 1.23 bits per heavy atom. The average Bonchev–Trinajstić information content (AvgIpc) is 3.18. The zero-order chi connectivity index (χ0) is 22.0. The Labute approximate surface area is 182 Å². The molecule has 0 saturated carbocycles. The second-order valence-corrected chi connectivity index (χ2v) is 7.52. The molecule has 9 heteroatoms. The van der Waals surface area contributed by atoms with Crippen molar-refractivity contribution in [3.8, 4) is 0 Å². The molecule has 4 aromatic rings. The van der Waals surface area contributed by atoms with Crippen molar-refractivity contribution in [2.75, 3.05) is 0 Å². The largest absolute Gasteiger partial charge is 0.342 e. The molecule has 0 saturated heterocycles. The molecule has 4 rings (SSSR count). The number of aromatic nitrogens is 4. The number of imidazole rings is 1. The smallest absolute Gasteiger partial charge is 0.262 e. The molecular weight excluding hydrogens is 417 g/mol. The lowest BCUT2D eigenvalue weighted by Crippen LogP contribution is -2.33. The van der Waals surface area contributed by atoms with Crippen LogP contribution in [0.3, 0.4) is 0 Å². The van der Waals surface area contributed by atoms with E-state index in [1.807, 2.05) is 13.1 Å². The molecule has 0 fully saturated rings. The van der Waals surface area contributed by atoms with Gasteiger partial charge in [-0.25, -0.2) is 9.37 Å². The van der Waals surface area contributed by atoms with Crippen LogP contribution in [-0.2, 0) is 18.4 Å². The van der Waals surface area contributed by atoms with Gasteiger partial charge in [-0.2, -0.15) is 0 Å². The zero-order valence-corrected chi connectivity index (χ0v) is 17.5. The van der Waals surface area contributed by atoms with E-state index in [1.54, 1.807) is 47.3 Å². The van der Waals surface area contributed by atoms with E-state index in [2.05, 4.69) is 15.3 Å². The van der Waals surface area contributed by atoms with Gasteiger partial charge >= 0.3 is 0 Å². The van der Waals surface area contributed by atoms with Gasteiger partial charge in [-0.1, -0.05) is 24.3 Å². The Balaban J connectivity index is 1.56. The third-order valence-corrected chi connectivity index (χ3v) is 5.40. The number of halogens is 1. The molecule has 0 aliphatic carbocycles. The number of benzene rings is 2. The molecule has 0 bridgehead atoms. The van der Waals surface area contributed by atoms with Crippen molar-refractivity contribution in [1.29, 1.82) is 0 Å². The summed E-state index contributed by atoms with van der Waals surface area (Å²) in [5, 5.41) is 3.45. The molecule has 31 heavy (non-hydrogen) atoms. The molecule has 158 valence electrons. The van der Waals surface area contributed by atoms with Gasteiger partial charge in [-0.15, -0.1) is 0 Å². The van der Waals surface area contributed by atoms with E-state index in [0.29, 0.717) is 22.3 Å².